The number of nitrogens with one attached hydrogen (secondary N) is 1. The standard InChI is InChI=1S/C28H27N7O/c29-18-21-4-9-27-26(17-21)22(20-32-27)3-1-2-12-34-13-15-35(16-14-34)24-5-7-25(8-6-24)36-28-31-11-10-23(19-30)33-28/h4-11,17,20,32H,1-3,12-16H2. The fraction of sp³-hybridized carbons (Fsp3) is 0.286. The van der Waals surface area contributed by atoms with Crippen LogP contribution in [0.25, 0.3) is 10.9 Å². The van der Waals surface area contributed by atoms with Gasteiger partial charge in [-0.25, -0.2) is 4.98 Å². The van der Waals surface area contributed by atoms with Crippen LogP contribution in [0.5, 0.6) is 11.8 Å². The van der Waals surface area contributed by atoms with Gasteiger partial charge in [-0.3, -0.25) is 4.90 Å². The number of ether oxygens (including phenoxy) is 1. The summed E-state index contributed by atoms with van der Waals surface area (Å²) in [5.41, 5.74) is 4.55. The normalized spacial score (nSPS) is 13.9. The highest BCUT2D eigenvalue weighted by atomic mass is 16.5. The molecule has 1 N–H and O–H groups in total. The first kappa shape index (κ1) is 23.3. The van der Waals surface area contributed by atoms with Crippen molar-refractivity contribution in [1.29, 1.82) is 10.5 Å². The number of benzene rings is 2. The van der Waals surface area contributed by atoms with Gasteiger partial charge in [0.05, 0.1) is 11.6 Å². The average Bonchev–Trinajstić information content (AvgIpc) is 3.34. The molecule has 4 aromatic rings. The molecular weight excluding hydrogens is 450 g/mol. The number of piperazine rings is 1. The van der Waals surface area contributed by atoms with Gasteiger partial charge in [0.25, 0.3) is 0 Å². The number of nitriles is 2. The lowest BCUT2D eigenvalue weighted by Gasteiger charge is -2.36. The Bertz CT molecular complexity index is 1410. The highest BCUT2D eigenvalue weighted by Crippen LogP contribution is 2.24. The van der Waals surface area contributed by atoms with Crippen LogP contribution in [0, 0.1) is 22.7 Å². The van der Waals surface area contributed by atoms with E-state index in [1.807, 2.05) is 36.4 Å². The summed E-state index contributed by atoms with van der Waals surface area (Å²) >= 11 is 0. The molecule has 1 aliphatic rings. The molecule has 8 nitrogen and oxygen atoms in total. The van der Waals surface area contributed by atoms with E-state index in [1.165, 1.54) is 22.8 Å². The SMILES string of the molecule is N#Cc1ccc2[nH]cc(CCCCN3CCN(c4ccc(Oc5nccc(C#N)n5)cc4)CC3)c2c1. The third-order valence-corrected chi connectivity index (χ3v) is 6.60. The van der Waals surface area contributed by atoms with Crippen molar-refractivity contribution in [3.8, 4) is 23.9 Å². The number of fused-ring (bicyclic) bond motifs is 1. The van der Waals surface area contributed by atoms with Gasteiger partial charge in [-0.05, 0) is 79.9 Å². The molecule has 1 fully saturated rings. The molecule has 2 aromatic heterocycles. The second-order valence-corrected chi connectivity index (χ2v) is 8.90. The van der Waals surface area contributed by atoms with Crippen molar-refractivity contribution in [3.63, 3.8) is 0 Å². The summed E-state index contributed by atoms with van der Waals surface area (Å²) in [4.78, 5) is 16.4. The molecule has 0 saturated carbocycles. The largest absolute Gasteiger partial charge is 0.424 e. The Morgan fingerprint density at radius 3 is 2.56 bits per heavy atom. The molecule has 8 heteroatoms. The van der Waals surface area contributed by atoms with Gasteiger partial charge in [-0.15, -0.1) is 0 Å². The van der Waals surface area contributed by atoms with Crippen LogP contribution < -0.4 is 9.64 Å². The predicted octanol–water partition coefficient (Wildman–Crippen LogP) is 4.64. The number of rotatable bonds is 8. The zero-order valence-electron chi connectivity index (χ0n) is 20.0. The quantitative estimate of drug-likeness (QED) is 0.369. The first-order valence-electron chi connectivity index (χ1n) is 12.2. The van der Waals surface area contributed by atoms with Crippen molar-refractivity contribution in [1.82, 2.24) is 19.9 Å². The maximum atomic E-state index is 9.17. The van der Waals surface area contributed by atoms with E-state index in [-0.39, 0.29) is 11.7 Å². The minimum atomic E-state index is 0.173. The van der Waals surface area contributed by atoms with Gasteiger partial charge in [-0.1, -0.05) is 0 Å². The number of nitrogens with zero attached hydrogens (tertiary/aromatic N) is 6. The van der Waals surface area contributed by atoms with Crippen molar-refractivity contribution >= 4 is 16.6 Å². The summed E-state index contributed by atoms with van der Waals surface area (Å²) in [6, 6.07) is 19.7. The van der Waals surface area contributed by atoms with Crippen LogP contribution in [0.15, 0.2) is 60.9 Å². The van der Waals surface area contributed by atoms with Crippen molar-refractivity contribution in [2.45, 2.75) is 19.3 Å². The van der Waals surface area contributed by atoms with E-state index in [0.717, 1.165) is 57.5 Å². The maximum absolute atomic E-state index is 9.17. The van der Waals surface area contributed by atoms with E-state index in [9.17, 15) is 0 Å². The van der Waals surface area contributed by atoms with Gasteiger partial charge in [0.15, 0.2) is 0 Å². The molecule has 0 bridgehead atoms. The molecule has 180 valence electrons. The van der Waals surface area contributed by atoms with Crippen LogP contribution in [0.1, 0.15) is 29.7 Å². The zero-order valence-corrected chi connectivity index (χ0v) is 20.0. The summed E-state index contributed by atoms with van der Waals surface area (Å²) in [5.74, 6) is 0.645. The van der Waals surface area contributed by atoms with Crippen LogP contribution in [0.2, 0.25) is 0 Å². The second-order valence-electron chi connectivity index (χ2n) is 8.90. The lowest BCUT2D eigenvalue weighted by atomic mass is 10.1. The fourth-order valence-corrected chi connectivity index (χ4v) is 4.62. The zero-order chi connectivity index (χ0) is 24.7. The molecule has 0 atom stereocenters. The minimum Gasteiger partial charge on any atom is -0.424 e. The molecule has 1 aliphatic heterocycles. The number of anilines is 1. The highest BCUT2D eigenvalue weighted by Gasteiger charge is 2.17. The third kappa shape index (κ3) is 5.46. The number of aromatic amines is 1. The summed E-state index contributed by atoms with van der Waals surface area (Å²) in [7, 11) is 0. The van der Waals surface area contributed by atoms with E-state index in [0.29, 0.717) is 11.3 Å². The molecule has 0 amide bonds. The Hall–Kier alpha value is -4.40. The molecule has 3 heterocycles. The van der Waals surface area contributed by atoms with E-state index in [1.54, 1.807) is 6.07 Å². The molecule has 0 radical (unpaired) electrons. The van der Waals surface area contributed by atoms with E-state index < -0.39 is 0 Å². The Balaban J connectivity index is 1.06. The lowest BCUT2D eigenvalue weighted by Crippen LogP contribution is -2.46. The summed E-state index contributed by atoms with van der Waals surface area (Å²) in [6.07, 6.45) is 6.91. The molecule has 2 aromatic carbocycles. The lowest BCUT2D eigenvalue weighted by molar-refractivity contribution is 0.253. The van der Waals surface area contributed by atoms with E-state index in [2.05, 4.69) is 49.2 Å². The van der Waals surface area contributed by atoms with Gasteiger partial charge in [0.2, 0.25) is 0 Å². The van der Waals surface area contributed by atoms with Crippen molar-refractivity contribution in [3.05, 3.63) is 77.7 Å². The van der Waals surface area contributed by atoms with Crippen molar-refractivity contribution in [2.75, 3.05) is 37.6 Å². The monoisotopic (exact) mass is 477 g/mol. The molecule has 0 aliphatic carbocycles. The van der Waals surface area contributed by atoms with Crippen LogP contribution >= 0.6 is 0 Å². The number of H-pyrrole nitrogens is 1. The number of aromatic nitrogens is 3. The van der Waals surface area contributed by atoms with Crippen molar-refractivity contribution < 1.29 is 4.74 Å². The summed E-state index contributed by atoms with van der Waals surface area (Å²) in [5, 5.41) is 19.3. The third-order valence-electron chi connectivity index (χ3n) is 6.60. The molecule has 0 spiro atoms. The molecule has 1 saturated heterocycles. The molecule has 5 rings (SSSR count). The number of aryl methyl sites for hydroxylation is 1. The van der Waals surface area contributed by atoms with Crippen LogP contribution in [0.3, 0.4) is 0 Å². The maximum Gasteiger partial charge on any atom is 0.323 e. The summed E-state index contributed by atoms with van der Waals surface area (Å²) < 4.78 is 5.68. The first-order valence-corrected chi connectivity index (χ1v) is 12.2. The minimum absolute atomic E-state index is 0.173. The van der Waals surface area contributed by atoms with E-state index in [4.69, 9.17) is 15.3 Å². The van der Waals surface area contributed by atoms with Gasteiger partial charge in [-0.2, -0.15) is 15.5 Å². The molecule has 0 unspecified atom stereocenters. The van der Waals surface area contributed by atoms with Gasteiger partial charge >= 0.3 is 6.01 Å². The fourth-order valence-electron chi connectivity index (χ4n) is 4.62. The van der Waals surface area contributed by atoms with E-state index >= 15 is 0 Å². The van der Waals surface area contributed by atoms with Gasteiger partial charge < -0.3 is 14.6 Å². The second kappa shape index (κ2) is 10.9. The molecular formula is C28H27N7O. The number of hydrogen-bond acceptors (Lipinski definition) is 7. The van der Waals surface area contributed by atoms with Crippen LogP contribution in [-0.2, 0) is 6.42 Å². The first-order chi connectivity index (χ1) is 17.7. The number of hydrogen-bond donors (Lipinski definition) is 1. The average molecular weight is 478 g/mol. The van der Waals surface area contributed by atoms with Gasteiger partial charge in [0, 0.05) is 55.2 Å². The highest BCUT2D eigenvalue weighted by molar-refractivity contribution is 5.84. The Morgan fingerprint density at radius 1 is 0.944 bits per heavy atom. The predicted molar refractivity (Wildman–Crippen MR) is 138 cm³/mol. The Labute approximate surface area is 210 Å². The van der Waals surface area contributed by atoms with Crippen LogP contribution in [0.4, 0.5) is 5.69 Å². The number of unbranched alkanes of at least 4 members (excludes halogenated alkanes) is 1. The van der Waals surface area contributed by atoms with Crippen LogP contribution in [-0.4, -0.2) is 52.6 Å². The van der Waals surface area contributed by atoms with Crippen molar-refractivity contribution in [2.24, 2.45) is 0 Å². The topological polar surface area (TPSA) is 105 Å². The summed E-state index contributed by atoms with van der Waals surface area (Å²) in [6.45, 7) is 5.19. The Kier molecular flexibility index (Phi) is 7.07. The Morgan fingerprint density at radius 2 is 1.78 bits per heavy atom. The van der Waals surface area contributed by atoms with Gasteiger partial charge in [0.1, 0.15) is 17.5 Å². The smallest absolute Gasteiger partial charge is 0.323 e. The molecule has 36 heavy (non-hydrogen) atoms.